The Hall–Kier alpha value is -4.20. The highest BCUT2D eigenvalue weighted by Gasteiger charge is 2.29. The molecule has 0 bridgehead atoms. The van der Waals surface area contributed by atoms with Gasteiger partial charge in [-0.15, -0.1) is 0 Å². The number of hydrazone groups is 1. The third kappa shape index (κ3) is 3.78. The number of nitrogens with zero attached hydrogens (tertiary/aromatic N) is 3. The topological polar surface area (TPSA) is 98.2 Å². The standard InChI is InChI=1S/C24H21N3O5/c1-14-5-6-17(11-15(14)2)26-24(28)21(16(3)25-26)12-19-8-10-23(32-19)20-9-7-18(31-4)13-22(20)27(29)30/h5-13H,1-4H3. The summed E-state index contributed by atoms with van der Waals surface area (Å²) >= 11 is 0. The van der Waals surface area contributed by atoms with Gasteiger partial charge in [0.1, 0.15) is 17.3 Å². The number of rotatable bonds is 5. The molecule has 1 amide bonds. The van der Waals surface area contributed by atoms with Gasteiger partial charge in [-0.25, -0.2) is 0 Å². The molecule has 0 atom stereocenters. The van der Waals surface area contributed by atoms with Crippen LogP contribution in [0.1, 0.15) is 23.8 Å². The highest BCUT2D eigenvalue weighted by atomic mass is 16.6. The summed E-state index contributed by atoms with van der Waals surface area (Å²) < 4.78 is 10.9. The van der Waals surface area contributed by atoms with Gasteiger partial charge in [-0.3, -0.25) is 14.9 Å². The van der Waals surface area contributed by atoms with Gasteiger partial charge in [0.05, 0.1) is 40.6 Å². The fraction of sp³-hybridized carbons (Fsp3) is 0.167. The molecule has 1 aromatic heterocycles. The lowest BCUT2D eigenvalue weighted by molar-refractivity contribution is -0.384. The summed E-state index contributed by atoms with van der Waals surface area (Å²) in [4.78, 5) is 24.0. The molecule has 0 saturated carbocycles. The first-order valence-corrected chi connectivity index (χ1v) is 9.90. The van der Waals surface area contributed by atoms with Gasteiger partial charge in [-0.05, 0) is 74.4 Å². The van der Waals surface area contributed by atoms with E-state index in [9.17, 15) is 14.9 Å². The van der Waals surface area contributed by atoms with E-state index >= 15 is 0 Å². The fourth-order valence-corrected chi connectivity index (χ4v) is 3.43. The zero-order valence-corrected chi connectivity index (χ0v) is 18.1. The SMILES string of the molecule is COc1ccc(-c2ccc(C=C3C(=O)N(c4ccc(C)c(C)c4)N=C3C)o2)c([N+](=O)[O-])c1. The van der Waals surface area contributed by atoms with Crippen molar-refractivity contribution in [1.82, 2.24) is 0 Å². The number of furan rings is 1. The number of ether oxygens (including phenoxy) is 1. The van der Waals surface area contributed by atoms with Crippen molar-refractivity contribution in [2.45, 2.75) is 20.8 Å². The minimum Gasteiger partial charge on any atom is -0.497 e. The number of amides is 1. The first kappa shape index (κ1) is 21.0. The second-order valence-corrected chi connectivity index (χ2v) is 7.47. The minimum atomic E-state index is -0.489. The van der Waals surface area contributed by atoms with Crippen molar-refractivity contribution in [3.05, 3.63) is 81.1 Å². The average molecular weight is 431 g/mol. The number of hydrogen-bond donors (Lipinski definition) is 0. The van der Waals surface area contributed by atoms with E-state index in [1.807, 2.05) is 32.0 Å². The summed E-state index contributed by atoms with van der Waals surface area (Å²) in [6.45, 7) is 5.74. The number of carbonyl (C=O) groups is 1. The summed E-state index contributed by atoms with van der Waals surface area (Å²) in [6, 6.07) is 13.6. The van der Waals surface area contributed by atoms with E-state index in [1.54, 1.807) is 37.3 Å². The molecule has 8 heteroatoms. The molecule has 0 fully saturated rings. The number of nitro benzene ring substituents is 1. The highest BCUT2D eigenvalue weighted by molar-refractivity contribution is 6.32. The van der Waals surface area contributed by atoms with Crippen LogP contribution in [0.25, 0.3) is 17.4 Å². The number of hydrogen-bond acceptors (Lipinski definition) is 6. The van der Waals surface area contributed by atoms with Gasteiger partial charge in [0.2, 0.25) is 0 Å². The normalized spacial score (nSPS) is 14.8. The Morgan fingerprint density at radius 1 is 1.06 bits per heavy atom. The Kier molecular flexibility index (Phi) is 5.36. The molecular formula is C24H21N3O5. The molecule has 1 aliphatic rings. The lowest BCUT2D eigenvalue weighted by atomic mass is 10.1. The van der Waals surface area contributed by atoms with Gasteiger partial charge >= 0.3 is 0 Å². The van der Waals surface area contributed by atoms with E-state index in [4.69, 9.17) is 9.15 Å². The molecule has 0 saturated heterocycles. The largest absolute Gasteiger partial charge is 0.497 e. The average Bonchev–Trinajstić information content (AvgIpc) is 3.35. The van der Waals surface area contributed by atoms with Crippen LogP contribution in [-0.4, -0.2) is 23.7 Å². The maximum absolute atomic E-state index is 13.0. The van der Waals surface area contributed by atoms with Crippen molar-refractivity contribution in [2.75, 3.05) is 12.1 Å². The van der Waals surface area contributed by atoms with E-state index in [0.717, 1.165) is 11.1 Å². The Labute approximate surface area is 184 Å². The molecule has 162 valence electrons. The van der Waals surface area contributed by atoms with Crippen molar-refractivity contribution in [2.24, 2.45) is 5.10 Å². The second kappa shape index (κ2) is 8.14. The maximum Gasteiger partial charge on any atom is 0.284 e. The quantitative estimate of drug-likeness (QED) is 0.311. The molecule has 8 nitrogen and oxygen atoms in total. The van der Waals surface area contributed by atoms with Crippen LogP contribution in [0.15, 0.2) is 63.6 Å². The van der Waals surface area contributed by atoms with E-state index in [2.05, 4.69) is 5.10 Å². The summed E-state index contributed by atoms with van der Waals surface area (Å²) in [5.74, 6) is 0.825. The van der Waals surface area contributed by atoms with Crippen LogP contribution in [0.3, 0.4) is 0 Å². The van der Waals surface area contributed by atoms with E-state index in [-0.39, 0.29) is 11.6 Å². The van der Waals surface area contributed by atoms with Gasteiger partial charge in [0.25, 0.3) is 11.6 Å². The second-order valence-electron chi connectivity index (χ2n) is 7.47. The summed E-state index contributed by atoms with van der Waals surface area (Å²) in [6.07, 6.45) is 1.60. The molecule has 0 N–H and O–H groups in total. The lowest BCUT2D eigenvalue weighted by Crippen LogP contribution is -2.21. The summed E-state index contributed by atoms with van der Waals surface area (Å²) in [5, 5.41) is 17.2. The number of methoxy groups -OCH3 is 1. The molecule has 2 heterocycles. The number of aryl methyl sites for hydroxylation is 2. The number of benzene rings is 2. The van der Waals surface area contributed by atoms with Crippen LogP contribution < -0.4 is 9.75 Å². The molecule has 4 rings (SSSR count). The van der Waals surface area contributed by atoms with Gasteiger partial charge in [-0.2, -0.15) is 10.1 Å². The zero-order chi connectivity index (χ0) is 23.0. The third-order valence-corrected chi connectivity index (χ3v) is 5.38. The van der Waals surface area contributed by atoms with Gasteiger partial charge < -0.3 is 9.15 Å². The zero-order valence-electron chi connectivity index (χ0n) is 18.1. The van der Waals surface area contributed by atoms with Gasteiger partial charge in [0, 0.05) is 0 Å². The van der Waals surface area contributed by atoms with Crippen molar-refractivity contribution in [3.8, 4) is 17.1 Å². The number of nitro groups is 1. The van der Waals surface area contributed by atoms with E-state index < -0.39 is 4.92 Å². The third-order valence-electron chi connectivity index (χ3n) is 5.38. The predicted octanol–water partition coefficient (Wildman–Crippen LogP) is 5.29. The molecular weight excluding hydrogens is 410 g/mol. The van der Waals surface area contributed by atoms with Crippen LogP contribution in [0, 0.1) is 24.0 Å². The lowest BCUT2D eigenvalue weighted by Gasteiger charge is -2.13. The monoisotopic (exact) mass is 431 g/mol. The molecule has 0 unspecified atom stereocenters. The van der Waals surface area contributed by atoms with Crippen LogP contribution in [0.2, 0.25) is 0 Å². The van der Waals surface area contributed by atoms with Crippen molar-refractivity contribution in [1.29, 1.82) is 0 Å². The molecule has 0 radical (unpaired) electrons. The number of carbonyl (C=O) groups excluding carboxylic acids is 1. The first-order valence-electron chi connectivity index (χ1n) is 9.90. The fourth-order valence-electron chi connectivity index (χ4n) is 3.43. The molecule has 1 aliphatic heterocycles. The molecule has 32 heavy (non-hydrogen) atoms. The predicted molar refractivity (Wildman–Crippen MR) is 122 cm³/mol. The first-order chi connectivity index (χ1) is 15.3. The van der Waals surface area contributed by atoms with Crippen LogP contribution >= 0.6 is 0 Å². The van der Waals surface area contributed by atoms with Gasteiger partial charge in [-0.1, -0.05) is 6.07 Å². The number of anilines is 1. The molecule has 0 aliphatic carbocycles. The van der Waals surface area contributed by atoms with Crippen LogP contribution in [0.5, 0.6) is 5.75 Å². The van der Waals surface area contributed by atoms with Crippen molar-refractivity contribution >= 4 is 29.1 Å². The van der Waals surface area contributed by atoms with Crippen LogP contribution in [0.4, 0.5) is 11.4 Å². The highest BCUT2D eigenvalue weighted by Crippen LogP contribution is 2.35. The van der Waals surface area contributed by atoms with Crippen LogP contribution in [-0.2, 0) is 4.79 Å². The van der Waals surface area contributed by atoms with Crippen molar-refractivity contribution < 1.29 is 18.9 Å². The summed E-state index contributed by atoms with van der Waals surface area (Å²) in [5.41, 5.74) is 4.03. The van der Waals surface area contributed by atoms with E-state index in [1.165, 1.54) is 18.2 Å². The minimum absolute atomic E-state index is 0.131. The Morgan fingerprint density at radius 2 is 1.84 bits per heavy atom. The van der Waals surface area contributed by atoms with Gasteiger partial charge in [0.15, 0.2) is 0 Å². The smallest absolute Gasteiger partial charge is 0.284 e. The Morgan fingerprint density at radius 3 is 2.53 bits per heavy atom. The van der Waals surface area contributed by atoms with Crippen molar-refractivity contribution in [3.63, 3.8) is 0 Å². The Balaban J connectivity index is 1.65. The maximum atomic E-state index is 13.0. The molecule has 0 spiro atoms. The molecule has 2 aromatic carbocycles. The molecule has 3 aromatic rings. The summed E-state index contributed by atoms with van der Waals surface area (Å²) in [7, 11) is 1.44. The Bertz CT molecular complexity index is 1300. The van der Waals surface area contributed by atoms with E-state index in [0.29, 0.717) is 39.8 Å².